The summed E-state index contributed by atoms with van der Waals surface area (Å²) in [7, 11) is 3.07. The van der Waals surface area contributed by atoms with Gasteiger partial charge in [0.15, 0.2) is 17.3 Å². The molecule has 1 aromatic carbocycles. The van der Waals surface area contributed by atoms with Gasteiger partial charge in [-0.1, -0.05) is 19.4 Å². The minimum absolute atomic E-state index is 0.225. The van der Waals surface area contributed by atoms with Gasteiger partial charge in [-0.25, -0.2) is 0 Å². The number of carbonyl (C=O) groups excluding carboxylic acids is 2. The number of methoxy groups -OCH3 is 2. The average Bonchev–Trinajstić information content (AvgIpc) is 2.90. The molecule has 5 heteroatoms. The van der Waals surface area contributed by atoms with Crippen LogP contribution < -0.4 is 14.8 Å². The lowest BCUT2D eigenvalue weighted by Gasteiger charge is -2.11. The summed E-state index contributed by atoms with van der Waals surface area (Å²) in [6.45, 7) is 6.35. The van der Waals surface area contributed by atoms with Crippen LogP contribution in [0, 0.1) is 0 Å². The molecule has 0 atom stereocenters. The van der Waals surface area contributed by atoms with Crippen LogP contribution in [-0.4, -0.2) is 32.5 Å². The molecule has 0 unspecified atom stereocenters. The zero-order valence-corrected chi connectivity index (χ0v) is 15.1. The number of carbonyl (C=O) groups is 2. The van der Waals surface area contributed by atoms with Gasteiger partial charge in [0.05, 0.1) is 19.8 Å². The average molecular weight is 343 g/mol. The summed E-state index contributed by atoms with van der Waals surface area (Å²) in [5.74, 6) is 0.443. The van der Waals surface area contributed by atoms with Crippen LogP contribution in [0.15, 0.2) is 30.4 Å². The summed E-state index contributed by atoms with van der Waals surface area (Å²) in [6.07, 6.45) is 4.90. The van der Waals surface area contributed by atoms with E-state index < -0.39 is 0 Å². The smallest absolute Gasteiger partial charge is 0.255 e. The Hall–Kier alpha value is -2.56. The molecule has 0 radical (unpaired) electrons. The maximum atomic E-state index is 12.9. The maximum absolute atomic E-state index is 12.9. The Balaban J connectivity index is 2.47. The van der Waals surface area contributed by atoms with Crippen molar-refractivity contribution in [2.45, 2.75) is 32.6 Å². The first-order valence-electron chi connectivity index (χ1n) is 8.52. The molecule has 5 nitrogen and oxygen atoms in total. The van der Waals surface area contributed by atoms with Crippen LogP contribution in [0.5, 0.6) is 11.5 Å². The van der Waals surface area contributed by atoms with Crippen LogP contribution in [0.3, 0.4) is 0 Å². The molecule has 1 aliphatic carbocycles. The molecule has 0 fully saturated rings. The van der Waals surface area contributed by atoms with Crippen LogP contribution in [0.1, 0.15) is 48.5 Å². The van der Waals surface area contributed by atoms with Crippen molar-refractivity contribution in [2.24, 2.45) is 0 Å². The molecule has 1 N–H and O–H groups in total. The molecular formula is C20H25NO4. The van der Waals surface area contributed by atoms with Crippen LogP contribution in [0.25, 0.3) is 5.57 Å². The van der Waals surface area contributed by atoms with Crippen LogP contribution >= 0.6 is 0 Å². The molecule has 0 aliphatic heterocycles. The number of ketones is 1. The molecular weight excluding hydrogens is 318 g/mol. The van der Waals surface area contributed by atoms with E-state index in [-0.39, 0.29) is 17.3 Å². The molecule has 0 spiro atoms. The highest BCUT2D eigenvalue weighted by molar-refractivity contribution is 6.34. The number of fused-ring (bicyclic) bond motifs is 1. The third-order valence-corrected chi connectivity index (χ3v) is 4.26. The summed E-state index contributed by atoms with van der Waals surface area (Å²) in [5.41, 5.74) is 2.20. The van der Waals surface area contributed by atoms with Gasteiger partial charge in [0.2, 0.25) is 0 Å². The molecule has 0 heterocycles. The van der Waals surface area contributed by atoms with Crippen molar-refractivity contribution < 1.29 is 19.1 Å². The van der Waals surface area contributed by atoms with E-state index in [2.05, 4.69) is 18.8 Å². The van der Waals surface area contributed by atoms with E-state index in [9.17, 15) is 9.59 Å². The maximum Gasteiger partial charge on any atom is 0.255 e. The second kappa shape index (κ2) is 8.51. The van der Waals surface area contributed by atoms with Crippen molar-refractivity contribution in [1.29, 1.82) is 0 Å². The van der Waals surface area contributed by atoms with E-state index in [1.54, 1.807) is 25.3 Å². The highest BCUT2D eigenvalue weighted by Gasteiger charge is 2.34. The Morgan fingerprint density at radius 1 is 1.20 bits per heavy atom. The monoisotopic (exact) mass is 343 g/mol. The van der Waals surface area contributed by atoms with Gasteiger partial charge in [0.1, 0.15) is 0 Å². The number of benzene rings is 1. The predicted octanol–water partition coefficient (Wildman–Crippen LogP) is 3.54. The van der Waals surface area contributed by atoms with Gasteiger partial charge < -0.3 is 14.8 Å². The Morgan fingerprint density at radius 2 is 1.84 bits per heavy atom. The molecule has 2 rings (SSSR count). The molecule has 0 aromatic heterocycles. The van der Waals surface area contributed by atoms with Crippen molar-refractivity contribution in [2.75, 3.05) is 20.8 Å². The minimum Gasteiger partial charge on any atom is -0.493 e. The standard InChI is InChI=1S/C20H25NO4/c1-5-7-9-13-14-11-16(24-3)17(25-4)12-15(14)19(22)18(13)20(23)21-10-8-6-2/h5,11-12H,1,6-10H2,2-4H3,(H,21,23). The third-order valence-electron chi connectivity index (χ3n) is 4.26. The van der Waals surface area contributed by atoms with E-state index in [1.807, 2.05) is 0 Å². The Morgan fingerprint density at radius 3 is 2.40 bits per heavy atom. The minimum atomic E-state index is -0.313. The quantitative estimate of drug-likeness (QED) is 0.423. The zero-order chi connectivity index (χ0) is 18.4. The SMILES string of the molecule is C=CCCC1=C(C(=O)NCCCC)C(=O)c2cc(OC)c(OC)cc21. The summed E-state index contributed by atoms with van der Waals surface area (Å²) in [6, 6.07) is 3.42. The van der Waals surface area contributed by atoms with Gasteiger partial charge in [-0.3, -0.25) is 9.59 Å². The normalized spacial score (nSPS) is 12.8. The fraction of sp³-hybridized carbons (Fsp3) is 0.400. The number of unbranched alkanes of at least 4 members (excludes halogenated alkanes) is 1. The molecule has 0 bridgehead atoms. The first-order valence-corrected chi connectivity index (χ1v) is 8.52. The van der Waals surface area contributed by atoms with Gasteiger partial charge in [-0.2, -0.15) is 0 Å². The summed E-state index contributed by atoms with van der Waals surface area (Å²) < 4.78 is 10.6. The van der Waals surface area contributed by atoms with Crippen molar-refractivity contribution in [1.82, 2.24) is 5.32 Å². The largest absolute Gasteiger partial charge is 0.493 e. The molecule has 1 aliphatic rings. The first kappa shape index (κ1) is 18.8. The van der Waals surface area contributed by atoms with Crippen LogP contribution in [0.4, 0.5) is 0 Å². The van der Waals surface area contributed by atoms with Gasteiger partial charge in [0.25, 0.3) is 5.91 Å². The van der Waals surface area contributed by atoms with Gasteiger partial charge in [-0.15, -0.1) is 6.58 Å². The second-order valence-corrected chi connectivity index (χ2v) is 5.87. The number of rotatable bonds is 9. The number of allylic oxidation sites excluding steroid dienone is 2. The van der Waals surface area contributed by atoms with Gasteiger partial charge >= 0.3 is 0 Å². The number of ether oxygens (including phenoxy) is 2. The van der Waals surface area contributed by atoms with E-state index in [0.29, 0.717) is 36.4 Å². The highest BCUT2D eigenvalue weighted by Crippen LogP contribution is 2.42. The van der Waals surface area contributed by atoms with E-state index in [1.165, 1.54) is 7.11 Å². The summed E-state index contributed by atoms with van der Waals surface area (Å²) in [5, 5.41) is 2.85. The predicted molar refractivity (Wildman–Crippen MR) is 98.1 cm³/mol. The molecule has 0 saturated carbocycles. The lowest BCUT2D eigenvalue weighted by atomic mass is 10.00. The first-order chi connectivity index (χ1) is 12.1. The summed E-state index contributed by atoms with van der Waals surface area (Å²) in [4.78, 5) is 25.5. The lowest BCUT2D eigenvalue weighted by molar-refractivity contribution is -0.117. The Bertz CT molecular complexity index is 719. The van der Waals surface area contributed by atoms with E-state index in [4.69, 9.17) is 9.47 Å². The van der Waals surface area contributed by atoms with Crippen LogP contribution in [-0.2, 0) is 4.79 Å². The Labute approximate surface area is 148 Å². The van der Waals surface area contributed by atoms with Crippen LogP contribution in [0.2, 0.25) is 0 Å². The number of hydrogen-bond donors (Lipinski definition) is 1. The number of Topliss-reactive ketones (excluding diaryl/α,β-unsaturated/α-hetero) is 1. The fourth-order valence-electron chi connectivity index (χ4n) is 2.94. The highest BCUT2D eigenvalue weighted by atomic mass is 16.5. The molecule has 1 amide bonds. The van der Waals surface area contributed by atoms with Crippen molar-refractivity contribution in [3.05, 3.63) is 41.5 Å². The van der Waals surface area contributed by atoms with Gasteiger partial charge in [0, 0.05) is 12.1 Å². The number of amides is 1. The van der Waals surface area contributed by atoms with E-state index >= 15 is 0 Å². The fourth-order valence-corrected chi connectivity index (χ4v) is 2.94. The van der Waals surface area contributed by atoms with Crippen molar-refractivity contribution in [3.8, 4) is 11.5 Å². The summed E-state index contributed by atoms with van der Waals surface area (Å²) >= 11 is 0. The third kappa shape index (κ3) is 3.76. The molecule has 134 valence electrons. The molecule has 1 aromatic rings. The second-order valence-electron chi connectivity index (χ2n) is 5.87. The molecule has 25 heavy (non-hydrogen) atoms. The van der Waals surface area contributed by atoms with Crippen molar-refractivity contribution in [3.63, 3.8) is 0 Å². The Kier molecular flexibility index (Phi) is 6.39. The zero-order valence-electron chi connectivity index (χ0n) is 15.1. The lowest BCUT2D eigenvalue weighted by Crippen LogP contribution is -2.28. The number of hydrogen-bond acceptors (Lipinski definition) is 4. The van der Waals surface area contributed by atoms with Gasteiger partial charge in [-0.05, 0) is 42.5 Å². The molecule has 0 saturated heterocycles. The van der Waals surface area contributed by atoms with E-state index in [0.717, 1.165) is 24.0 Å². The topological polar surface area (TPSA) is 64.6 Å². The number of nitrogens with one attached hydrogen (secondary N) is 1. The van der Waals surface area contributed by atoms with Crippen molar-refractivity contribution >= 4 is 17.3 Å².